The quantitative estimate of drug-likeness (QED) is 0.266. The lowest BCUT2D eigenvalue weighted by Crippen LogP contribution is -2.13. The van der Waals surface area contributed by atoms with Crippen LogP contribution in [-0.2, 0) is 29.7 Å². The predicted octanol–water partition coefficient (Wildman–Crippen LogP) is 3.76. The van der Waals surface area contributed by atoms with Crippen molar-refractivity contribution >= 4 is 37.8 Å². The Labute approximate surface area is 160 Å². The van der Waals surface area contributed by atoms with E-state index in [2.05, 4.69) is 50.9 Å². The fourth-order valence-corrected chi connectivity index (χ4v) is 2.99. The molecule has 1 rings (SSSR count). The van der Waals surface area contributed by atoms with E-state index in [0.29, 0.717) is 33.0 Å². The summed E-state index contributed by atoms with van der Waals surface area (Å²) in [6, 6.07) is 4.21. The lowest BCUT2D eigenvalue weighted by Gasteiger charge is -2.14. The van der Waals surface area contributed by atoms with Crippen LogP contribution in [0.4, 0.5) is 0 Å². The first-order valence-electron chi connectivity index (χ1n) is 7.74. The van der Waals surface area contributed by atoms with Crippen LogP contribution in [0.15, 0.2) is 12.1 Å². The van der Waals surface area contributed by atoms with Gasteiger partial charge >= 0.3 is 5.97 Å². The van der Waals surface area contributed by atoms with Gasteiger partial charge in [-0.1, -0.05) is 37.9 Å². The van der Waals surface area contributed by atoms with Crippen molar-refractivity contribution in [1.82, 2.24) is 0 Å². The normalized spacial score (nSPS) is 10.7. The van der Waals surface area contributed by atoms with Gasteiger partial charge in [0, 0.05) is 23.1 Å². The summed E-state index contributed by atoms with van der Waals surface area (Å²) in [7, 11) is 0. The third-order valence-electron chi connectivity index (χ3n) is 3.20. The zero-order chi connectivity index (χ0) is 17.8. The summed E-state index contributed by atoms with van der Waals surface area (Å²) in [4.78, 5) is 10.6. The number of ether oxygens (including phenoxy) is 4. The highest BCUT2D eigenvalue weighted by Gasteiger charge is 2.07. The van der Waals surface area contributed by atoms with E-state index in [9.17, 15) is 4.79 Å². The summed E-state index contributed by atoms with van der Waals surface area (Å²) in [5.41, 5.74) is 3.60. The van der Waals surface area contributed by atoms with Gasteiger partial charge in [-0.3, -0.25) is 4.79 Å². The largest absolute Gasteiger partial charge is 0.491 e. The SMILES string of the molecule is CC(=O)OCCOCCOCCOc1cc(CBr)c(C)cc1CBr. The molecule has 136 valence electrons. The topological polar surface area (TPSA) is 54.0 Å². The second-order valence-electron chi connectivity index (χ2n) is 5.07. The van der Waals surface area contributed by atoms with E-state index in [1.165, 1.54) is 18.1 Å². The summed E-state index contributed by atoms with van der Waals surface area (Å²) in [5.74, 6) is 0.585. The first-order valence-corrected chi connectivity index (χ1v) is 9.98. The van der Waals surface area contributed by atoms with Crippen molar-refractivity contribution in [3.05, 3.63) is 28.8 Å². The van der Waals surface area contributed by atoms with Gasteiger partial charge in [0.2, 0.25) is 0 Å². The first-order chi connectivity index (χ1) is 11.6. The van der Waals surface area contributed by atoms with Crippen molar-refractivity contribution in [3.63, 3.8) is 0 Å². The molecule has 0 heterocycles. The number of benzene rings is 1. The van der Waals surface area contributed by atoms with Crippen LogP contribution in [0.3, 0.4) is 0 Å². The van der Waals surface area contributed by atoms with Crippen LogP contribution in [0, 0.1) is 6.92 Å². The van der Waals surface area contributed by atoms with Crippen LogP contribution in [0.5, 0.6) is 5.75 Å². The molecule has 0 aliphatic rings. The number of aryl methyl sites for hydroxylation is 1. The third kappa shape index (κ3) is 8.46. The van der Waals surface area contributed by atoms with Crippen LogP contribution in [0.2, 0.25) is 0 Å². The highest BCUT2D eigenvalue weighted by Crippen LogP contribution is 2.27. The molecule has 0 radical (unpaired) electrons. The number of alkyl halides is 2. The molecule has 0 N–H and O–H groups in total. The fourth-order valence-electron chi connectivity index (χ4n) is 1.95. The number of halogens is 2. The average Bonchev–Trinajstić information content (AvgIpc) is 2.56. The minimum atomic E-state index is -0.297. The van der Waals surface area contributed by atoms with E-state index in [4.69, 9.17) is 18.9 Å². The van der Waals surface area contributed by atoms with Crippen molar-refractivity contribution in [2.45, 2.75) is 24.5 Å². The predicted molar refractivity (Wildman–Crippen MR) is 100 cm³/mol. The number of esters is 1. The van der Waals surface area contributed by atoms with E-state index in [1.54, 1.807) is 0 Å². The van der Waals surface area contributed by atoms with Crippen molar-refractivity contribution in [1.29, 1.82) is 0 Å². The summed E-state index contributed by atoms with van der Waals surface area (Å²) < 4.78 is 21.3. The number of hydrogen-bond acceptors (Lipinski definition) is 5. The molecular weight excluding hydrogens is 444 g/mol. The van der Waals surface area contributed by atoms with Crippen LogP contribution in [0.1, 0.15) is 23.6 Å². The zero-order valence-corrected chi connectivity index (χ0v) is 17.3. The Balaban J connectivity index is 2.18. The van der Waals surface area contributed by atoms with Gasteiger partial charge in [-0.15, -0.1) is 0 Å². The van der Waals surface area contributed by atoms with Gasteiger partial charge in [0.15, 0.2) is 0 Å². The Kier molecular flexibility index (Phi) is 11.3. The molecule has 0 amide bonds. The molecule has 1 aromatic carbocycles. The van der Waals surface area contributed by atoms with E-state index in [0.717, 1.165) is 22.0 Å². The minimum Gasteiger partial charge on any atom is -0.491 e. The smallest absolute Gasteiger partial charge is 0.302 e. The van der Waals surface area contributed by atoms with Crippen molar-refractivity contribution in [2.24, 2.45) is 0 Å². The maximum atomic E-state index is 10.6. The van der Waals surface area contributed by atoms with Gasteiger partial charge in [-0.05, 0) is 24.1 Å². The Morgan fingerprint density at radius 2 is 1.50 bits per heavy atom. The molecule has 0 bridgehead atoms. The third-order valence-corrected chi connectivity index (χ3v) is 4.41. The van der Waals surface area contributed by atoms with Gasteiger partial charge in [-0.2, -0.15) is 0 Å². The molecule has 0 aliphatic heterocycles. The average molecular weight is 468 g/mol. The van der Waals surface area contributed by atoms with Crippen LogP contribution in [-0.4, -0.2) is 45.6 Å². The molecule has 0 saturated carbocycles. The van der Waals surface area contributed by atoms with Gasteiger partial charge < -0.3 is 18.9 Å². The molecular formula is C17H24Br2O5. The van der Waals surface area contributed by atoms with Crippen LogP contribution in [0.25, 0.3) is 0 Å². The zero-order valence-electron chi connectivity index (χ0n) is 14.1. The summed E-state index contributed by atoms with van der Waals surface area (Å²) >= 11 is 6.98. The molecule has 5 nitrogen and oxygen atoms in total. The Morgan fingerprint density at radius 3 is 2.08 bits per heavy atom. The van der Waals surface area contributed by atoms with Crippen molar-refractivity contribution in [2.75, 3.05) is 39.6 Å². The maximum Gasteiger partial charge on any atom is 0.302 e. The molecule has 0 fully saturated rings. The Morgan fingerprint density at radius 1 is 0.917 bits per heavy atom. The number of carbonyl (C=O) groups is 1. The fraction of sp³-hybridized carbons (Fsp3) is 0.588. The standard InChI is InChI=1S/C17H24Br2O5/c1-13-9-16(12-19)17(10-15(13)11-18)24-8-6-22-4-3-21-5-7-23-14(2)20/h9-10H,3-8,11-12H2,1-2H3. The molecule has 1 aromatic rings. The molecule has 0 spiro atoms. The van der Waals surface area contributed by atoms with Gasteiger partial charge in [0.05, 0.1) is 26.4 Å². The summed E-state index contributed by atoms with van der Waals surface area (Å²) in [6.07, 6.45) is 0. The van der Waals surface area contributed by atoms with Crippen LogP contribution < -0.4 is 4.74 Å². The first kappa shape index (κ1) is 21.4. The lowest BCUT2D eigenvalue weighted by molar-refractivity contribution is -0.142. The summed E-state index contributed by atoms with van der Waals surface area (Å²) in [5, 5.41) is 1.56. The van der Waals surface area contributed by atoms with Gasteiger partial charge in [0.1, 0.15) is 19.0 Å². The van der Waals surface area contributed by atoms with Gasteiger partial charge in [-0.25, -0.2) is 0 Å². The second-order valence-corrected chi connectivity index (χ2v) is 6.19. The van der Waals surface area contributed by atoms with E-state index < -0.39 is 0 Å². The molecule has 0 saturated heterocycles. The Hall–Kier alpha value is -0.630. The maximum absolute atomic E-state index is 10.6. The molecule has 0 unspecified atom stereocenters. The number of hydrogen-bond donors (Lipinski definition) is 0. The van der Waals surface area contributed by atoms with E-state index in [-0.39, 0.29) is 12.6 Å². The van der Waals surface area contributed by atoms with E-state index in [1.807, 2.05) is 0 Å². The van der Waals surface area contributed by atoms with Crippen molar-refractivity contribution < 1.29 is 23.7 Å². The monoisotopic (exact) mass is 466 g/mol. The number of rotatable bonds is 12. The highest BCUT2D eigenvalue weighted by atomic mass is 79.9. The van der Waals surface area contributed by atoms with E-state index >= 15 is 0 Å². The summed E-state index contributed by atoms with van der Waals surface area (Å²) in [6.45, 7) is 6.05. The molecule has 24 heavy (non-hydrogen) atoms. The van der Waals surface area contributed by atoms with Crippen molar-refractivity contribution in [3.8, 4) is 5.75 Å². The molecule has 0 aliphatic carbocycles. The molecule has 0 aromatic heterocycles. The number of carbonyl (C=O) groups excluding carboxylic acids is 1. The van der Waals surface area contributed by atoms with Gasteiger partial charge in [0.25, 0.3) is 0 Å². The molecule has 0 atom stereocenters. The lowest BCUT2D eigenvalue weighted by atomic mass is 10.1. The van der Waals surface area contributed by atoms with Crippen LogP contribution >= 0.6 is 31.9 Å². The highest BCUT2D eigenvalue weighted by molar-refractivity contribution is 9.08. The Bertz CT molecular complexity index is 508. The second kappa shape index (κ2) is 12.7. The molecule has 7 heteroatoms. The minimum absolute atomic E-state index is 0.275.